The second kappa shape index (κ2) is 6.55. The van der Waals surface area contributed by atoms with Gasteiger partial charge in [0.1, 0.15) is 5.78 Å². The summed E-state index contributed by atoms with van der Waals surface area (Å²) in [6, 6.07) is 0. The van der Waals surface area contributed by atoms with Crippen LogP contribution in [-0.2, 0) is 33.4 Å². The Morgan fingerprint density at radius 3 is 2.24 bits per heavy atom. The average Bonchev–Trinajstić information content (AvgIpc) is 2.75. The van der Waals surface area contributed by atoms with Gasteiger partial charge in [0.05, 0.1) is 23.9 Å². The van der Waals surface area contributed by atoms with Crippen molar-refractivity contribution in [3.05, 3.63) is 35.1 Å². The predicted octanol–water partition coefficient (Wildman–Crippen LogP) is 2.96. The molecule has 1 saturated heterocycles. The summed E-state index contributed by atoms with van der Waals surface area (Å²) in [5, 5.41) is 11.2. The van der Waals surface area contributed by atoms with E-state index >= 15 is 0 Å². The van der Waals surface area contributed by atoms with Crippen LogP contribution in [0.2, 0.25) is 0 Å². The van der Waals surface area contributed by atoms with Crippen LogP contribution in [0.3, 0.4) is 0 Å². The number of aliphatic hydroxyl groups excluding tert-OH is 1. The highest BCUT2D eigenvalue weighted by atomic mass is 16.6. The minimum Gasteiger partial charge on any atom is -0.504 e. The third-order valence-corrected chi connectivity index (χ3v) is 8.96. The van der Waals surface area contributed by atoms with Crippen molar-refractivity contribution in [2.75, 3.05) is 7.11 Å². The zero-order chi connectivity index (χ0) is 25.8. The molecule has 1 aliphatic heterocycles. The smallest absolute Gasteiger partial charge is 0.358 e. The van der Waals surface area contributed by atoms with Crippen LogP contribution in [0.5, 0.6) is 0 Å². The van der Waals surface area contributed by atoms with Gasteiger partial charge >= 0.3 is 11.9 Å². The van der Waals surface area contributed by atoms with Gasteiger partial charge < -0.3 is 14.6 Å². The summed E-state index contributed by atoms with van der Waals surface area (Å²) >= 11 is 0. The van der Waals surface area contributed by atoms with Crippen molar-refractivity contribution in [3.8, 4) is 0 Å². The summed E-state index contributed by atoms with van der Waals surface area (Å²) in [6.45, 7) is 13.4. The number of allylic oxidation sites excluding steroid dienone is 5. The summed E-state index contributed by atoms with van der Waals surface area (Å²) in [6.07, 6.45) is 2.18. The fraction of sp³-hybridized carbons (Fsp3) is 0.577. The molecule has 0 aromatic rings. The molecule has 0 amide bonds. The predicted molar refractivity (Wildman–Crippen MR) is 119 cm³/mol. The van der Waals surface area contributed by atoms with E-state index in [4.69, 9.17) is 9.47 Å². The number of carbonyl (C=O) groups excluding carboxylic acids is 5. The van der Waals surface area contributed by atoms with Crippen LogP contribution in [0.1, 0.15) is 54.4 Å². The Bertz CT molecular complexity index is 1190. The average molecular weight is 471 g/mol. The zero-order valence-corrected chi connectivity index (χ0v) is 20.6. The van der Waals surface area contributed by atoms with E-state index in [1.165, 1.54) is 20.8 Å². The molecule has 0 spiro atoms. The maximum atomic E-state index is 13.9. The van der Waals surface area contributed by atoms with Crippen LogP contribution in [0.25, 0.3) is 0 Å². The van der Waals surface area contributed by atoms with E-state index in [0.29, 0.717) is 17.6 Å². The quantitative estimate of drug-likeness (QED) is 0.458. The molecule has 1 N–H and O–H groups in total. The van der Waals surface area contributed by atoms with E-state index in [1.54, 1.807) is 19.9 Å². The number of Topliss-reactive ketones (excluding diaryl/α,β-unsaturated/α-hetero) is 3. The summed E-state index contributed by atoms with van der Waals surface area (Å²) in [5.41, 5.74) is -6.46. The first-order chi connectivity index (χ1) is 15.5. The highest BCUT2D eigenvalue weighted by Crippen LogP contribution is 2.68. The number of rotatable bonds is 1. The lowest BCUT2D eigenvalue weighted by molar-refractivity contribution is -0.205. The van der Waals surface area contributed by atoms with Crippen molar-refractivity contribution in [3.63, 3.8) is 0 Å². The maximum Gasteiger partial charge on any atom is 0.358 e. The number of ether oxygens (including phenoxy) is 2. The molecule has 0 aromatic carbocycles. The molecule has 0 unspecified atom stereocenters. The Hall–Kier alpha value is -3.03. The van der Waals surface area contributed by atoms with Crippen LogP contribution >= 0.6 is 0 Å². The number of hydrogen-bond donors (Lipinski definition) is 1. The highest BCUT2D eigenvalue weighted by molar-refractivity contribution is 6.18. The second-order valence-electron chi connectivity index (χ2n) is 11.1. The molecule has 0 aromatic heterocycles. The van der Waals surface area contributed by atoms with Gasteiger partial charge in [0, 0.05) is 17.3 Å². The van der Waals surface area contributed by atoms with E-state index in [-0.39, 0.29) is 17.8 Å². The molecule has 1 saturated carbocycles. The van der Waals surface area contributed by atoms with Crippen LogP contribution < -0.4 is 0 Å². The Morgan fingerprint density at radius 1 is 1.09 bits per heavy atom. The van der Waals surface area contributed by atoms with Crippen molar-refractivity contribution in [1.82, 2.24) is 0 Å². The molecule has 4 aliphatic rings. The molecular formula is C26H30O8. The third kappa shape index (κ3) is 2.36. The minimum absolute atomic E-state index is 0.0934. The fourth-order valence-corrected chi connectivity index (χ4v) is 7.07. The highest BCUT2D eigenvalue weighted by Gasteiger charge is 2.74. The van der Waals surface area contributed by atoms with E-state index in [1.807, 2.05) is 6.92 Å². The third-order valence-electron chi connectivity index (χ3n) is 8.96. The van der Waals surface area contributed by atoms with Gasteiger partial charge in [0.2, 0.25) is 5.78 Å². The van der Waals surface area contributed by atoms with Crippen LogP contribution in [0.4, 0.5) is 0 Å². The lowest BCUT2D eigenvalue weighted by Gasteiger charge is -2.60. The minimum atomic E-state index is -2.20. The Balaban J connectivity index is 2.04. The topological polar surface area (TPSA) is 124 Å². The number of hydrogen-bond acceptors (Lipinski definition) is 8. The number of esters is 2. The molecule has 8 nitrogen and oxygen atoms in total. The molecule has 5 atom stereocenters. The van der Waals surface area contributed by atoms with Crippen LogP contribution in [-0.4, -0.2) is 47.1 Å². The molecule has 4 rings (SSSR count). The molecule has 2 fully saturated rings. The first kappa shape index (κ1) is 24.1. The maximum absolute atomic E-state index is 13.9. The summed E-state index contributed by atoms with van der Waals surface area (Å²) in [4.78, 5) is 66.4. The second-order valence-corrected chi connectivity index (χ2v) is 11.1. The van der Waals surface area contributed by atoms with Gasteiger partial charge in [-0.15, -0.1) is 0 Å². The summed E-state index contributed by atoms with van der Waals surface area (Å²) in [7, 11) is 1.08. The van der Waals surface area contributed by atoms with E-state index in [2.05, 4.69) is 6.58 Å². The molecule has 8 heteroatoms. The monoisotopic (exact) mass is 470 g/mol. The van der Waals surface area contributed by atoms with Gasteiger partial charge in [0.25, 0.3) is 5.60 Å². The van der Waals surface area contributed by atoms with Gasteiger partial charge in [-0.05, 0) is 57.8 Å². The van der Waals surface area contributed by atoms with E-state index < -0.39 is 62.4 Å². The first-order valence-electron chi connectivity index (χ1n) is 11.3. The number of ketones is 3. The Morgan fingerprint density at radius 2 is 1.68 bits per heavy atom. The van der Waals surface area contributed by atoms with Crippen molar-refractivity contribution < 1.29 is 38.6 Å². The Kier molecular flexibility index (Phi) is 4.64. The summed E-state index contributed by atoms with van der Waals surface area (Å²) < 4.78 is 10.1. The van der Waals surface area contributed by atoms with Gasteiger partial charge in [0.15, 0.2) is 11.5 Å². The van der Waals surface area contributed by atoms with Gasteiger partial charge in [-0.25, -0.2) is 4.79 Å². The number of fused-ring (bicyclic) bond motifs is 5. The fourth-order valence-electron chi connectivity index (χ4n) is 7.07. The lowest BCUT2D eigenvalue weighted by atomic mass is 9.41. The van der Waals surface area contributed by atoms with Gasteiger partial charge in [-0.3, -0.25) is 19.2 Å². The number of methoxy groups -OCH3 is 1. The molecule has 1 heterocycles. The van der Waals surface area contributed by atoms with Crippen molar-refractivity contribution in [1.29, 1.82) is 0 Å². The molecule has 0 radical (unpaired) electrons. The molecule has 34 heavy (non-hydrogen) atoms. The van der Waals surface area contributed by atoms with Gasteiger partial charge in [-0.2, -0.15) is 0 Å². The van der Waals surface area contributed by atoms with Crippen molar-refractivity contribution >= 4 is 29.3 Å². The lowest BCUT2D eigenvalue weighted by Crippen LogP contribution is -2.69. The van der Waals surface area contributed by atoms with Gasteiger partial charge in [-0.1, -0.05) is 19.6 Å². The zero-order valence-electron chi connectivity index (χ0n) is 20.6. The van der Waals surface area contributed by atoms with Crippen molar-refractivity contribution in [2.24, 2.45) is 27.6 Å². The molecule has 0 bridgehead atoms. The summed E-state index contributed by atoms with van der Waals surface area (Å²) in [5.74, 6) is -5.48. The number of aliphatic hydroxyl groups is 1. The Labute approximate surface area is 198 Å². The van der Waals surface area contributed by atoms with Crippen molar-refractivity contribution in [2.45, 2.75) is 60.0 Å². The van der Waals surface area contributed by atoms with Crippen LogP contribution in [0, 0.1) is 27.6 Å². The molecule has 182 valence electrons. The number of cyclic esters (lactones) is 1. The normalized spacial score (nSPS) is 41.2. The standard InChI is InChI=1S/C26H30O8/c1-12-11-13-23(4)10-9-14(27)22(2,3)16(23)15(28)18(29)25(13,6)17-19(30)34-26(7,21(32)33-8)20(31)24(12,17)5/h11,17,28H,1,9-10H2,2-8H3/t17-,23-,24+,25-,26-/m0/s1. The SMILES string of the molecule is C=C1C=C2[C@]3(C)CCC(=O)C(C)(C)C3=C(O)C(=O)[C@]2(C)[C@H]2C(=O)O[C@](C)(C(=O)OC)C(=O)[C@]12C. The largest absolute Gasteiger partial charge is 0.504 e. The number of carbonyl (C=O) groups is 5. The molecule has 3 aliphatic carbocycles. The van der Waals surface area contributed by atoms with E-state index in [9.17, 15) is 29.1 Å². The van der Waals surface area contributed by atoms with E-state index in [0.717, 1.165) is 7.11 Å². The molecular weight excluding hydrogens is 440 g/mol. The van der Waals surface area contributed by atoms with Crippen LogP contribution in [0.15, 0.2) is 35.1 Å². The first-order valence-corrected chi connectivity index (χ1v) is 11.3.